The molecular weight excluding hydrogens is 280 g/mol. The Morgan fingerprint density at radius 2 is 2.09 bits per heavy atom. The third kappa shape index (κ3) is 3.23. The minimum absolute atomic E-state index is 0.176. The average Bonchev–Trinajstić information content (AvgIpc) is 3.03. The predicted molar refractivity (Wildman–Crippen MR) is 84.8 cm³/mol. The first-order chi connectivity index (χ1) is 10.7. The van der Waals surface area contributed by atoms with Gasteiger partial charge in [-0.05, 0) is 18.6 Å². The van der Waals surface area contributed by atoms with Gasteiger partial charge in [0, 0.05) is 43.5 Å². The predicted octanol–water partition coefficient (Wildman–Crippen LogP) is 2.36. The Kier molecular flexibility index (Phi) is 4.29. The van der Waals surface area contributed by atoms with Crippen LogP contribution in [-0.4, -0.2) is 29.0 Å². The second kappa shape index (κ2) is 6.53. The molecule has 1 fully saturated rings. The maximum Gasteiger partial charge on any atom is 0.273 e. The molecule has 0 spiro atoms. The Balaban J connectivity index is 1.59. The van der Waals surface area contributed by atoms with Gasteiger partial charge in [-0.25, -0.2) is 4.98 Å². The molecule has 6 nitrogen and oxygen atoms in total. The van der Waals surface area contributed by atoms with Crippen LogP contribution in [-0.2, 0) is 6.54 Å². The number of hydrogen-bond acceptors (Lipinski definition) is 5. The molecule has 1 saturated heterocycles. The molecule has 0 bridgehead atoms. The summed E-state index contributed by atoms with van der Waals surface area (Å²) in [5.74, 6) is 0.984. The molecule has 22 heavy (non-hydrogen) atoms. The van der Waals surface area contributed by atoms with E-state index < -0.39 is 0 Å². The first-order valence-electron chi connectivity index (χ1n) is 7.35. The molecule has 6 heteroatoms. The van der Waals surface area contributed by atoms with Crippen molar-refractivity contribution in [2.75, 3.05) is 18.0 Å². The summed E-state index contributed by atoms with van der Waals surface area (Å²) < 4.78 is 0. The molecule has 1 atom stereocenters. The van der Waals surface area contributed by atoms with Crippen LogP contribution < -0.4 is 10.2 Å². The Hall–Kier alpha value is -2.47. The van der Waals surface area contributed by atoms with Crippen molar-refractivity contribution in [3.63, 3.8) is 0 Å². The molecule has 0 radical (unpaired) electrons. The first-order valence-corrected chi connectivity index (χ1v) is 7.35. The van der Waals surface area contributed by atoms with Gasteiger partial charge in [-0.15, -0.1) is 0 Å². The largest absolute Gasteiger partial charge is 0.355 e. The summed E-state index contributed by atoms with van der Waals surface area (Å²) in [5, 5.41) is 14.4. The average molecular weight is 298 g/mol. The van der Waals surface area contributed by atoms with Gasteiger partial charge < -0.3 is 10.2 Å². The maximum absolute atomic E-state index is 11.0. The van der Waals surface area contributed by atoms with Gasteiger partial charge in [0.25, 0.3) is 5.69 Å². The first kappa shape index (κ1) is 14.5. The van der Waals surface area contributed by atoms with Crippen molar-refractivity contribution < 1.29 is 4.92 Å². The highest BCUT2D eigenvalue weighted by molar-refractivity contribution is 5.41. The molecule has 1 N–H and O–H groups in total. The number of pyridine rings is 1. The lowest BCUT2D eigenvalue weighted by Crippen LogP contribution is -2.32. The number of nitrogens with one attached hydrogen (secondary N) is 1. The third-order valence-corrected chi connectivity index (χ3v) is 3.93. The zero-order chi connectivity index (χ0) is 15.4. The smallest absolute Gasteiger partial charge is 0.273 e. The van der Waals surface area contributed by atoms with Crippen molar-refractivity contribution in [2.45, 2.75) is 19.0 Å². The van der Waals surface area contributed by atoms with Gasteiger partial charge in [-0.3, -0.25) is 10.1 Å². The van der Waals surface area contributed by atoms with Crippen molar-refractivity contribution >= 4 is 11.5 Å². The second-order valence-electron chi connectivity index (χ2n) is 5.39. The lowest BCUT2D eigenvalue weighted by molar-refractivity contribution is -0.385. The summed E-state index contributed by atoms with van der Waals surface area (Å²) in [4.78, 5) is 17.3. The quantitative estimate of drug-likeness (QED) is 0.677. The number of nitro groups is 1. The number of para-hydroxylation sites is 1. The Morgan fingerprint density at radius 1 is 1.27 bits per heavy atom. The highest BCUT2D eigenvalue weighted by Gasteiger charge is 2.23. The van der Waals surface area contributed by atoms with E-state index in [-0.39, 0.29) is 10.6 Å². The monoisotopic (exact) mass is 298 g/mol. The summed E-state index contributed by atoms with van der Waals surface area (Å²) in [7, 11) is 0. The SMILES string of the molecule is O=[N+]([O-])c1ccccc1CN[C@H]1CCN(c2ccccn2)C1. The van der Waals surface area contributed by atoms with Gasteiger partial charge in [0.15, 0.2) is 0 Å². The fraction of sp³-hybridized carbons (Fsp3) is 0.312. The maximum atomic E-state index is 11.0. The van der Waals surface area contributed by atoms with Gasteiger partial charge in [0.2, 0.25) is 0 Å². The lowest BCUT2D eigenvalue weighted by Gasteiger charge is -2.17. The van der Waals surface area contributed by atoms with Crippen molar-refractivity contribution in [1.82, 2.24) is 10.3 Å². The molecule has 1 aromatic heterocycles. The number of nitro benzene ring substituents is 1. The van der Waals surface area contributed by atoms with Gasteiger partial charge in [0.05, 0.1) is 4.92 Å². The van der Waals surface area contributed by atoms with Crippen LogP contribution >= 0.6 is 0 Å². The molecule has 114 valence electrons. The van der Waals surface area contributed by atoms with E-state index in [4.69, 9.17) is 0 Å². The standard InChI is InChI=1S/C16H18N4O2/c21-20(22)15-6-2-1-5-13(15)11-18-14-8-10-19(12-14)16-7-3-4-9-17-16/h1-7,9,14,18H,8,10-12H2/t14-/m0/s1. The van der Waals surface area contributed by atoms with E-state index in [9.17, 15) is 10.1 Å². The van der Waals surface area contributed by atoms with E-state index in [1.54, 1.807) is 24.4 Å². The van der Waals surface area contributed by atoms with Crippen molar-refractivity contribution in [1.29, 1.82) is 0 Å². The normalized spacial score (nSPS) is 17.6. The van der Waals surface area contributed by atoms with Crippen LogP contribution in [0.4, 0.5) is 11.5 Å². The highest BCUT2D eigenvalue weighted by atomic mass is 16.6. The highest BCUT2D eigenvalue weighted by Crippen LogP contribution is 2.20. The Labute approximate surface area is 128 Å². The van der Waals surface area contributed by atoms with Crippen LogP contribution in [0, 0.1) is 10.1 Å². The van der Waals surface area contributed by atoms with E-state index in [0.717, 1.165) is 30.9 Å². The van der Waals surface area contributed by atoms with Gasteiger partial charge in [0.1, 0.15) is 5.82 Å². The van der Waals surface area contributed by atoms with Crippen LogP contribution in [0.15, 0.2) is 48.7 Å². The van der Waals surface area contributed by atoms with Crippen LogP contribution in [0.2, 0.25) is 0 Å². The number of aromatic nitrogens is 1. The fourth-order valence-corrected chi connectivity index (χ4v) is 2.77. The van der Waals surface area contributed by atoms with E-state index in [2.05, 4.69) is 15.2 Å². The van der Waals surface area contributed by atoms with Crippen LogP contribution in [0.25, 0.3) is 0 Å². The lowest BCUT2D eigenvalue weighted by atomic mass is 10.1. The topological polar surface area (TPSA) is 71.3 Å². The van der Waals surface area contributed by atoms with Gasteiger partial charge in [-0.1, -0.05) is 24.3 Å². The summed E-state index contributed by atoms with van der Waals surface area (Å²) in [6.45, 7) is 2.33. The number of hydrogen-bond donors (Lipinski definition) is 1. The van der Waals surface area contributed by atoms with Crippen molar-refractivity contribution in [2.24, 2.45) is 0 Å². The van der Waals surface area contributed by atoms with Crippen LogP contribution in [0.3, 0.4) is 0 Å². The minimum atomic E-state index is -0.328. The molecule has 0 amide bonds. The fourth-order valence-electron chi connectivity index (χ4n) is 2.77. The zero-order valence-corrected chi connectivity index (χ0v) is 12.2. The van der Waals surface area contributed by atoms with E-state index >= 15 is 0 Å². The van der Waals surface area contributed by atoms with Crippen LogP contribution in [0.1, 0.15) is 12.0 Å². The van der Waals surface area contributed by atoms with E-state index in [1.165, 1.54) is 0 Å². The van der Waals surface area contributed by atoms with E-state index in [0.29, 0.717) is 12.6 Å². The minimum Gasteiger partial charge on any atom is -0.355 e. The summed E-state index contributed by atoms with van der Waals surface area (Å²) in [5.41, 5.74) is 0.901. The molecule has 0 unspecified atom stereocenters. The molecule has 2 aromatic rings. The molecular formula is C16H18N4O2. The number of benzene rings is 1. The second-order valence-corrected chi connectivity index (χ2v) is 5.39. The van der Waals surface area contributed by atoms with Gasteiger partial charge in [-0.2, -0.15) is 0 Å². The Morgan fingerprint density at radius 3 is 2.86 bits per heavy atom. The summed E-state index contributed by atoms with van der Waals surface area (Å²) >= 11 is 0. The third-order valence-electron chi connectivity index (χ3n) is 3.93. The number of anilines is 1. The molecule has 1 aliphatic heterocycles. The Bertz CT molecular complexity index is 648. The molecule has 1 aromatic carbocycles. The van der Waals surface area contributed by atoms with Crippen LogP contribution in [0.5, 0.6) is 0 Å². The molecule has 2 heterocycles. The number of nitrogens with zero attached hydrogens (tertiary/aromatic N) is 3. The number of rotatable bonds is 5. The van der Waals surface area contributed by atoms with Crippen molar-refractivity contribution in [3.8, 4) is 0 Å². The van der Waals surface area contributed by atoms with Gasteiger partial charge >= 0.3 is 0 Å². The summed E-state index contributed by atoms with van der Waals surface area (Å²) in [6.07, 6.45) is 2.81. The molecule has 0 aliphatic carbocycles. The molecule has 3 rings (SSSR count). The summed E-state index contributed by atoms with van der Waals surface area (Å²) in [6, 6.07) is 13.1. The molecule has 0 saturated carbocycles. The van der Waals surface area contributed by atoms with E-state index in [1.807, 2.05) is 24.3 Å². The molecule has 1 aliphatic rings. The van der Waals surface area contributed by atoms with Crippen molar-refractivity contribution in [3.05, 3.63) is 64.3 Å². The zero-order valence-electron chi connectivity index (χ0n) is 12.2.